The number of nitrogens with zero attached hydrogens (tertiary/aromatic N) is 4. The van der Waals surface area contributed by atoms with Crippen molar-refractivity contribution in [1.82, 2.24) is 10.6 Å². The number of hydrogen-bond donors (Lipinski definition) is 2. The van der Waals surface area contributed by atoms with Crippen LogP contribution in [-0.4, -0.2) is 78.1 Å². The van der Waals surface area contributed by atoms with Gasteiger partial charge in [0.2, 0.25) is 18.2 Å². The summed E-state index contributed by atoms with van der Waals surface area (Å²) in [5.74, 6) is 0. The molecule has 0 atom stereocenters. The highest BCUT2D eigenvalue weighted by atomic mass is 16.1. The van der Waals surface area contributed by atoms with Crippen LogP contribution in [0.15, 0.2) is 94.2 Å². The van der Waals surface area contributed by atoms with Gasteiger partial charge >= 0.3 is 0 Å². The largest absolute Gasteiger partial charge is 0.387 e. The van der Waals surface area contributed by atoms with Crippen LogP contribution in [0.1, 0.15) is 41.5 Å². The van der Waals surface area contributed by atoms with Gasteiger partial charge in [0.25, 0.3) is 0 Å². The molecule has 1 aromatic rings. The number of isocyanates is 3. The number of hydrogen-bond acceptors (Lipinski definition) is 11. The van der Waals surface area contributed by atoms with Gasteiger partial charge in [-0.05, 0) is 36.7 Å². The third-order valence-electron chi connectivity index (χ3n) is 3.38. The minimum absolute atomic E-state index is 0.253. The molecule has 0 aromatic heterocycles. The predicted molar refractivity (Wildman–Crippen MR) is 180 cm³/mol. The second-order valence-corrected chi connectivity index (χ2v) is 5.91. The molecule has 0 amide bonds. The lowest BCUT2D eigenvalue weighted by atomic mass is 10.3. The Morgan fingerprint density at radius 1 is 0.651 bits per heavy atom. The molecule has 2 heterocycles. The van der Waals surface area contributed by atoms with Crippen LogP contribution in [0.3, 0.4) is 0 Å². The van der Waals surface area contributed by atoms with Crippen LogP contribution in [0.25, 0.3) is 0 Å². The summed E-state index contributed by atoms with van der Waals surface area (Å²) in [5, 5.41) is 6.03. The van der Waals surface area contributed by atoms with E-state index in [1.165, 1.54) is 39.4 Å². The van der Waals surface area contributed by atoms with Gasteiger partial charge in [-0.2, -0.15) is 0 Å². The van der Waals surface area contributed by atoms with Crippen LogP contribution < -0.4 is 15.5 Å². The fourth-order valence-corrected chi connectivity index (χ4v) is 1.92. The van der Waals surface area contributed by atoms with Gasteiger partial charge in [-0.3, -0.25) is 0 Å². The number of allylic oxidation sites excluding steroid dienone is 4. The minimum Gasteiger partial charge on any atom is -0.387 e. The molecule has 0 unspecified atom stereocenters. The third-order valence-corrected chi connectivity index (χ3v) is 3.38. The van der Waals surface area contributed by atoms with E-state index in [0.29, 0.717) is 0 Å². The van der Waals surface area contributed by atoms with Gasteiger partial charge in [0.15, 0.2) is 0 Å². The molecular weight excluding hydrogens is 548 g/mol. The Morgan fingerprint density at radius 2 is 0.977 bits per heavy atom. The number of rotatable bonds is 5. The number of carbonyl (C=O) groups excluding carboxylic acids is 5. The standard InChI is InChI=1S/C10H11NO2.2C5H7N.3C2H3NO.3C2H6/c12-8-6-11(7-9-13)10-4-2-1-3-5-10;2*1-2-4-6-5-3-1;3*1-3-2-4;3*1-2/h1-5,8-9H,6-7H2;2*1-4,6H,5H2;3*1H3;3*1-2H3. The molecule has 0 fully saturated rings. The van der Waals surface area contributed by atoms with Crippen molar-refractivity contribution in [1.29, 1.82) is 0 Å². The monoisotopic (exact) mass is 600 g/mol. The molecule has 1 aromatic carbocycles. The lowest BCUT2D eigenvalue weighted by Gasteiger charge is -2.18. The quantitative estimate of drug-likeness (QED) is 0.268. The van der Waals surface area contributed by atoms with E-state index < -0.39 is 0 Å². The number of aldehydes is 2. The number of anilines is 1. The number of benzene rings is 1. The molecule has 2 aliphatic heterocycles. The van der Waals surface area contributed by atoms with Gasteiger partial charge in [-0.15, -0.1) is 0 Å². The maximum absolute atomic E-state index is 10.3. The molecule has 0 saturated heterocycles. The summed E-state index contributed by atoms with van der Waals surface area (Å²) in [4.78, 5) is 57.8. The molecular formula is C32H52N6O5. The lowest BCUT2D eigenvalue weighted by molar-refractivity contribution is -0.107. The Balaban J connectivity index is -0.0000000982. The summed E-state index contributed by atoms with van der Waals surface area (Å²) >= 11 is 0. The molecule has 0 spiro atoms. The molecule has 0 aliphatic carbocycles. The SMILES string of the molecule is C1=CCNC=C1.C1=CCNC=C1.CC.CC.CC.CN=C=O.CN=C=O.CN=C=O.O=CCN(CC=O)c1ccccc1. The van der Waals surface area contributed by atoms with E-state index in [0.717, 1.165) is 31.3 Å². The molecule has 2 N–H and O–H groups in total. The van der Waals surface area contributed by atoms with Crippen molar-refractivity contribution < 1.29 is 24.0 Å². The smallest absolute Gasteiger partial charge is 0.234 e. The van der Waals surface area contributed by atoms with Crippen molar-refractivity contribution in [2.75, 3.05) is 52.2 Å². The summed E-state index contributed by atoms with van der Waals surface area (Å²) in [6.07, 6.45) is 21.5. The fourth-order valence-electron chi connectivity index (χ4n) is 1.92. The first-order valence-electron chi connectivity index (χ1n) is 13.8. The normalized spacial score (nSPS) is 9.23. The van der Waals surface area contributed by atoms with Crippen LogP contribution in [-0.2, 0) is 24.0 Å². The maximum Gasteiger partial charge on any atom is 0.234 e. The molecule has 43 heavy (non-hydrogen) atoms. The predicted octanol–water partition coefficient (Wildman–Crippen LogP) is 5.14. The van der Waals surface area contributed by atoms with E-state index in [2.05, 4.69) is 37.8 Å². The molecule has 0 bridgehead atoms. The topological polar surface area (TPSA) is 150 Å². The Kier molecular flexibility index (Phi) is 72.4. The first-order valence-corrected chi connectivity index (χ1v) is 13.8. The van der Waals surface area contributed by atoms with Gasteiger partial charge in [0, 0.05) is 39.9 Å². The van der Waals surface area contributed by atoms with Crippen molar-refractivity contribution in [2.45, 2.75) is 41.5 Å². The van der Waals surface area contributed by atoms with Crippen molar-refractivity contribution in [3.63, 3.8) is 0 Å². The molecule has 240 valence electrons. The number of carbonyl (C=O) groups is 2. The molecule has 2 aliphatic rings. The summed E-state index contributed by atoms with van der Waals surface area (Å²) < 4.78 is 0. The molecule has 0 saturated carbocycles. The van der Waals surface area contributed by atoms with Crippen LogP contribution in [0.4, 0.5) is 5.69 Å². The van der Waals surface area contributed by atoms with E-state index in [9.17, 15) is 9.59 Å². The Hall–Kier alpha value is -4.94. The summed E-state index contributed by atoms with van der Waals surface area (Å²) in [7, 11) is 4.15. The van der Waals surface area contributed by atoms with E-state index in [1.54, 1.807) is 4.90 Å². The van der Waals surface area contributed by atoms with Crippen molar-refractivity contribution >= 4 is 36.5 Å². The van der Waals surface area contributed by atoms with Gasteiger partial charge in [0.1, 0.15) is 12.6 Å². The van der Waals surface area contributed by atoms with Crippen LogP contribution >= 0.6 is 0 Å². The Morgan fingerprint density at radius 3 is 1.14 bits per heavy atom. The summed E-state index contributed by atoms with van der Waals surface area (Å²) in [6, 6.07) is 9.37. The zero-order valence-corrected chi connectivity index (χ0v) is 27.3. The zero-order chi connectivity index (χ0) is 34.2. The number of para-hydroxylation sites is 1. The van der Waals surface area contributed by atoms with Gasteiger partial charge < -0.3 is 25.1 Å². The molecule has 11 nitrogen and oxygen atoms in total. The van der Waals surface area contributed by atoms with Gasteiger partial charge in [-0.25, -0.2) is 29.4 Å². The van der Waals surface area contributed by atoms with Crippen molar-refractivity contribution in [3.8, 4) is 0 Å². The zero-order valence-electron chi connectivity index (χ0n) is 27.3. The Bertz CT molecular complexity index is 848. The van der Waals surface area contributed by atoms with Gasteiger partial charge in [-0.1, -0.05) is 84.0 Å². The second kappa shape index (κ2) is 61.2. The van der Waals surface area contributed by atoms with Crippen LogP contribution in [0.5, 0.6) is 0 Å². The van der Waals surface area contributed by atoms with E-state index >= 15 is 0 Å². The summed E-state index contributed by atoms with van der Waals surface area (Å²) in [6.45, 7) is 14.5. The minimum atomic E-state index is 0.253. The lowest BCUT2D eigenvalue weighted by Crippen LogP contribution is -2.27. The van der Waals surface area contributed by atoms with Crippen molar-refractivity contribution in [3.05, 3.63) is 79.2 Å². The highest BCUT2D eigenvalue weighted by molar-refractivity contribution is 5.67. The first kappa shape index (κ1) is 50.9. The van der Waals surface area contributed by atoms with E-state index in [1.807, 2.05) is 109 Å². The number of dihydropyridines is 2. The second-order valence-electron chi connectivity index (χ2n) is 5.91. The summed E-state index contributed by atoms with van der Waals surface area (Å²) in [5.41, 5.74) is 0.890. The highest BCUT2D eigenvalue weighted by Crippen LogP contribution is 2.10. The maximum atomic E-state index is 10.3. The molecule has 0 radical (unpaired) electrons. The van der Waals surface area contributed by atoms with E-state index in [4.69, 9.17) is 14.4 Å². The van der Waals surface area contributed by atoms with Gasteiger partial charge in [0.05, 0.1) is 13.1 Å². The average Bonchev–Trinajstić information content (AvgIpc) is 3.13. The Labute approximate surface area is 259 Å². The van der Waals surface area contributed by atoms with Crippen LogP contribution in [0.2, 0.25) is 0 Å². The third kappa shape index (κ3) is 57.9. The highest BCUT2D eigenvalue weighted by Gasteiger charge is 2.02. The van der Waals surface area contributed by atoms with Crippen molar-refractivity contribution in [2.24, 2.45) is 15.0 Å². The number of nitrogens with one attached hydrogen (secondary N) is 2. The van der Waals surface area contributed by atoms with E-state index in [-0.39, 0.29) is 13.1 Å². The number of aliphatic imine (C=N–C) groups is 3. The fraction of sp³-hybridized carbons (Fsp3) is 0.406. The van der Waals surface area contributed by atoms with Crippen LogP contribution in [0, 0.1) is 0 Å². The molecule has 3 rings (SSSR count). The molecule has 11 heteroatoms. The average molecular weight is 601 g/mol. The first-order chi connectivity index (χ1) is 21.1.